The quantitative estimate of drug-likeness (QED) is 0.815. The maximum Gasteiger partial charge on any atom is 0.159 e. The van der Waals surface area contributed by atoms with Crippen LogP contribution < -0.4 is 4.90 Å². The molecular formula is C22H27N3S. The third kappa shape index (κ3) is 4.07. The topological polar surface area (TPSA) is 18.8 Å². The Kier molecular flexibility index (Phi) is 5.21. The lowest BCUT2D eigenvalue weighted by atomic mass is 10.1. The summed E-state index contributed by atoms with van der Waals surface area (Å²) in [5, 5.41) is 1.84. The van der Waals surface area contributed by atoms with E-state index < -0.39 is 0 Å². The standard InChI is InChI=1S/C22H27N3S/c1-17-3-7-19(8-4-17)15-21-16-23-22(26-21)25-13-11-24(12-14-25)20-9-5-18(2)6-10-20/h3-10,21H,11-16H2,1-2H3. The average Bonchev–Trinajstić information content (AvgIpc) is 3.13. The molecule has 0 aliphatic carbocycles. The van der Waals surface area contributed by atoms with Gasteiger partial charge in [0.05, 0.1) is 6.54 Å². The van der Waals surface area contributed by atoms with Gasteiger partial charge in [-0.2, -0.15) is 0 Å². The van der Waals surface area contributed by atoms with Gasteiger partial charge in [0, 0.05) is 37.1 Å². The zero-order valence-corrected chi connectivity index (χ0v) is 16.5. The van der Waals surface area contributed by atoms with Crippen molar-refractivity contribution in [1.29, 1.82) is 0 Å². The zero-order chi connectivity index (χ0) is 17.9. The molecule has 0 saturated carbocycles. The lowest BCUT2D eigenvalue weighted by molar-refractivity contribution is 0.392. The summed E-state index contributed by atoms with van der Waals surface area (Å²) in [4.78, 5) is 9.81. The first-order chi connectivity index (χ1) is 12.7. The van der Waals surface area contributed by atoms with Crippen molar-refractivity contribution in [3.05, 3.63) is 65.2 Å². The molecule has 1 fully saturated rings. The van der Waals surface area contributed by atoms with Crippen LogP contribution >= 0.6 is 11.8 Å². The summed E-state index contributed by atoms with van der Waals surface area (Å²) in [5.41, 5.74) is 5.42. The molecule has 3 nitrogen and oxygen atoms in total. The third-order valence-corrected chi connectivity index (χ3v) is 6.48. The highest BCUT2D eigenvalue weighted by Crippen LogP contribution is 2.28. The highest BCUT2D eigenvalue weighted by Gasteiger charge is 2.26. The van der Waals surface area contributed by atoms with Crippen molar-refractivity contribution in [2.75, 3.05) is 37.6 Å². The molecule has 0 radical (unpaired) electrons. The second-order valence-corrected chi connectivity index (χ2v) is 8.63. The van der Waals surface area contributed by atoms with Crippen LogP contribution in [0.4, 0.5) is 5.69 Å². The fourth-order valence-electron chi connectivity index (χ4n) is 3.58. The summed E-state index contributed by atoms with van der Waals surface area (Å²) in [6.07, 6.45) is 1.11. The van der Waals surface area contributed by atoms with Crippen molar-refractivity contribution in [2.24, 2.45) is 4.99 Å². The first-order valence-corrected chi connectivity index (χ1v) is 10.4. The molecule has 1 saturated heterocycles. The number of nitrogens with zero attached hydrogens (tertiary/aromatic N) is 3. The van der Waals surface area contributed by atoms with Gasteiger partial charge in [-0.1, -0.05) is 59.3 Å². The van der Waals surface area contributed by atoms with Crippen molar-refractivity contribution in [1.82, 2.24) is 4.90 Å². The van der Waals surface area contributed by atoms with Crippen molar-refractivity contribution in [3.8, 4) is 0 Å². The predicted octanol–water partition coefficient (Wildman–Crippen LogP) is 4.14. The Hall–Kier alpha value is -1.94. The minimum absolute atomic E-state index is 0.586. The van der Waals surface area contributed by atoms with E-state index >= 15 is 0 Å². The Bertz CT molecular complexity index is 759. The molecule has 1 atom stereocenters. The van der Waals surface area contributed by atoms with E-state index in [9.17, 15) is 0 Å². The molecule has 0 spiro atoms. The first-order valence-electron chi connectivity index (χ1n) is 9.50. The van der Waals surface area contributed by atoms with E-state index in [0.717, 1.165) is 39.1 Å². The monoisotopic (exact) mass is 365 g/mol. The molecule has 2 aliphatic rings. The van der Waals surface area contributed by atoms with E-state index in [0.29, 0.717) is 5.25 Å². The maximum absolute atomic E-state index is 4.85. The highest BCUT2D eigenvalue weighted by atomic mass is 32.2. The summed E-state index contributed by atoms with van der Waals surface area (Å²) in [6.45, 7) is 9.52. The smallest absolute Gasteiger partial charge is 0.159 e. The second-order valence-electron chi connectivity index (χ2n) is 7.36. The van der Waals surface area contributed by atoms with Gasteiger partial charge in [-0.25, -0.2) is 0 Å². The van der Waals surface area contributed by atoms with Gasteiger partial charge in [-0.3, -0.25) is 4.99 Å². The van der Waals surface area contributed by atoms with E-state index in [-0.39, 0.29) is 0 Å². The zero-order valence-electron chi connectivity index (χ0n) is 15.7. The molecule has 0 N–H and O–H groups in total. The average molecular weight is 366 g/mol. The molecule has 4 rings (SSSR count). The fraction of sp³-hybridized carbons (Fsp3) is 0.409. The molecule has 1 unspecified atom stereocenters. The van der Waals surface area contributed by atoms with Crippen LogP contribution in [-0.2, 0) is 6.42 Å². The Balaban J connectivity index is 1.28. The van der Waals surface area contributed by atoms with Crippen LogP contribution in [-0.4, -0.2) is 48.0 Å². The van der Waals surface area contributed by atoms with E-state index in [2.05, 4.69) is 72.2 Å². The molecule has 0 bridgehead atoms. The van der Waals surface area contributed by atoms with Crippen molar-refractivity contribution in [3.63, 3.8) is 0 Å². The van der Waals surface area contributed by atoms with Gasteiger partial charge in [-0.15, -0.1) is 0 Å². The summed E-state index contributed by atoms with van der Waals surface area (Å²) >= 11 is 1.97. The molecule has 2 heterocycles. The molecule has 2 aliphatic heterocycles. The molecule has 136 valence electrons. The largest absolute Gasteiger partial charge is 0.368 e. The van der Waals surface area contributed by atoms with E-state index in [1.54, 1.807) is 0 Å². The Morgan fingerprint density at radius 3 is 2.08 bits per heavy atom. The van der Waals surface area contributed by atoms with Gasteiger partial charge in [0.15, 0.2) is 5.17 Å². The third-order valence-electron chi connectivity index (χ3n) is 5.24. The minimum atomic E-state index is 0.586. The van der Waals surface area contributed by atoms with Crippen LogP contribution in [0.15, 0.2) is 53.5 Å². The number of thioether (sulfide) groups is 1. The molecular weight excluding hydrogens is 338 g/mol. The molecule has 4 heteroatoms. The summed E-state index contributed by atoms with van der Waals surface area (Å²) in [7, 11) is 0. The van der Waals surface area contributed by atoms with Gasteiger partial charge < -0.3 is 9.80 Å². The first kappa shape index (κ1) is 17.5. The molecule has 26 heavy (non-hydrogen) atoms. The predicted molar refractivity (Wildman–Crippen MR) is 114 cm³/mol. The van der Waals surface area contributed by atoms with Crippen molar-refractivity contribution >= 4 is 22.6 Å². The number of anilines is 1. The SMILES string of the molecule is Cc1ccc(CC2CN=C(N3CCN(c4ccc(C)cc4)CC3)S2)cc1. The van der Waals surface area contributed by atoms with Gasteiger partial charge >= 0.3 is 0 Å². The summed E-state index contributed by atoms with van der Waals surface area (Å²) in [5.74, 6) is 0. The van der Waals surface area contributed by atoms with Gasteiger partial charge in [0.1, 0.15) is 0 Å². The number of benzene rings is 2. The Morgan fingerprint density at radius 2 is 1.42 bits per heavy atom. The maximum atomic E-state index is 4.85. The number of hydrogen-bond acceptors (Lipinski definition) is 4. The van der Waals surface area contributed by atoms with Gasteiger partial charge in [0.2, 0.25) is 0 Å². The van der Waals surface area contributed by atoms with Crippen molar-refractivity contribution in [2.45, 2.75) is 25.5 Å². The highest BCUT2D eigenvalue weighted by molar-refractivity contribution is 8.14. The van der Waals surface area contributed by atoms with Crippen LogP contribution in [0.1, 0.15) is 16.7 Å². The summed E-state index contributed by atoms with van der Waals surface area (Å²) < 4.78 is 0. The number of rotatable bonds is 3. The molecule has 2 aromatic carbocycles. The van der Waals surface area contributed by atoms with Crippen molar-refractivity contribution < 1.29 is 0 Å². The second kappa shape index (κ2) is 7.75. The number of aliphatic imine (C=N–C) groups is 1. The van der Waals surface area contributed by atoms with Crippen LogP contribution in [0, 0.1) is 13.8 Å². The van der Waals surface area contributed by atoms with E-state index in [1.807, 2.05) is 11.8 Å². The number of piperazine rings is 1. The minimum Gasteiger partial charge on any atom is -0.368 e. The lowest BCUT2D eigenvalue weighted by Crippen LogP contribution is -2.47. The van der Waals surface area contributed by atoms with Crippen LogP contribution in [0.2, 0.25) is 0 Å². The van der Waals surface area contributed by atoms with Crippen LogP contribution in [0.3, 0.4) is 0 Å². The van der Waals surface area contributed by atoms with E-state index in [4.69, 9.17) is 4.99 Å². The number of hydrogen-bond donors (Lipinski definition) is 0. The lowest BCUT2D eigenvalue weighted by Gasteiger charge is -2.37. The van der Waals surface area contributed by atoms with Crippen LogP contribution in [0.25, 0.3) is 0 Å². The fourth-order valence-corrected chi connectivity index (χ4v) is 4.79. The molecule has 0 aromatic heterocycles. The Morgan fingerprint density at radius 1 is 0.846 bits per heavy atom. The number of aryl methyl sites for hydroxylation is 2. The number of amidine groups is 1. The van der Waals surface area contributed by atoms with Crippen LogP contribution in [0.5, 0.6) is 0 Å². The van der Waals surface area contributed by atoms with Gasteiger partial charge in [-0.05, 0) is 38.0 Å². The van der Waals surface area contributed by atoms with Gasteiger partial charge in [0.25, 0.3) is 0 Å². The molecule has 0 amide bonds. The van der Waals surface area contributed by atoms with E-state index in [1.165, 1.54) is 27.5 Å². The molecule has 2 aromatic rings. The summed E-state index contributed by atoms with van der Waals surface area (Å²) in [6, 6.07) is 17.8. The normalized spacial score (nSPS) is 20.4. The Labute approximate surface area is 161 Å².